The molecule has 0 spiro atoms. The molecule has 5 saturated heterocycles. The summed E-state index contributed by atoms with van der Waals surface area (Å²) in [5.74, 6) is 6.47. The number of sulfone groups is 5. The zero-order chi connectivity index (χ0) is 104. The molecule has 144 heavy (non-hydrogen) atoms. The Morgan fingerprint density at radius 1 is 0.396 bits per heavy atom. The number of aromatic nitrogens is 12. The minimum absolute atomic E-state index is 0.0775. The fourth-order valence-electron chi connectivity index (χ4n) is 19.6. The van der Waals surface area contributed by atoms with Crippen LogP contribution in [0.15, 0.2) is 124 Å². The third-order valence-electron chi connectivity index (χ3n) is 27.4. The Bertz CT molecular complexity index is 7020. The number of piperidine rings is 3. The van der Waals surface area contributed by atoms with Crippen LogP contribution in [-0.2, 0) is 54.0 Å². The summed E-state index contributed by atoms with van der Waals surface area (Å²) in [5, 5.41) is 42.2. The van der Waals surface area contributed by atoms with Crippen LogP contribution in [-0.4, -0.2) is 257 Å². The van der Waals surface area contributed by atoms with Gasteiger partial charge in [-0.25, -0.2) is 42.1 Å². The molecule has 0 aliphatic carbocycles. The zero-order valence-corrected chi connectivity index (χ0v) is 90.0. The molecule has 1 amide bonds. The minimum Gasteiger partial charge on any atom is -0.489 e. The van der Waals surface area contributed by atoms with Crippen molar-refractivity contribution in [2.45, 2.75) is 261 Å². The number of para-hydroxylation sites is 3. The zero-order valence-electron chi connectivity index (χ0n) is 86.0. The van der Waals surface area contributed by atoms with Gasteiger partial charge in [0.1, 0.15) is 34.7 Å². The quantitative estimate of drug-likeness (QED) is 0.0189. The average molecular weight is 2070 g/mol. The van der Waals surface area contributed by atoms with Crippen molar-refractivity contribution in [2.24, 2.45) is 0 Å². The Balaban J connectivity index is 0.000000163. The molecule has 6 aromatic carbocycles. The number of H-pyrrole nitrogens is 3. The highest BCUT2D eigenvalue weighted by Crippen LogP contribution is 2.46. The maximum atomic E-state index is 13.2. The smallest absolute Gasteiger partial charge is 0.231 e. The van der Waals surface area contributed by atoms with Gasteiger partial charge in [0.2, 0.25) is 23.8 Å². The number of nitrogens with one attached hydrogen (secondary N) is 9. The molecule has 41 heteroatoms. The normalized spacial score (nSPS) is 17.4. The number of rotatable bonds is 32. The van der Waals surface area contributed by atoms with Crippen LogP contribution in [0.25, 0.3) is 33.1 Å². The lowest BCUT2D eigenvalue weighted by Crippen LogP contribution is -2.41. The van der Waals surface area contributed by atoms with Crippen LogP contribution in [0.5, 0.6) is 17.2 Å². The molecule has 0 unspecified atom stereocenters. The van der Waals surface area contributed by atoms with Crippen LogP contribution in [0.4, 0.5) is 69.4 Å². The molecule has 12 aromatic rings. The van der Waals surface area contributed by atoms with Gasteiger partial charge in [-0.1, -0.05) is 36.4 Å². The molecule has 0 bridgehead atoms. The van der Waals surface area contributed by atoms with Crippen LogP contribution in [0.2, 0.25) is 0 Å². The lowest BCUT2D eigenvalue weighted by Gasteiger charge is -2.36. The SMILES string of the molecule is Cc1cc(Nc2nc(Nc3ccccc3S(=O)(=O)C(C)C)c3c(C)[nH]nc3n2)c(OC(C)C)cc1C1CCN(C(=O)CCN(C)C)CC1.Cc1cc(Nc2nc(Nc3ccccc3S(=O)(=O)C(C)C)c3c(C)[nH]nc3n2)c(OC(C)C)cc1C1CCN([C@@H]2CCS(=O)(=O)C2)CC1.Cc1cc(Nc2nc(Nc3ccccc3S(=O)(=O)C(C)C)c3c(C)[nH]nc3n2)c(OC(C)C)cc1C1CCN([C@H]2CCS(=O)(=O)C2)CC1. The molecule has 17 rings (SSSR count). The van der Waals surface area contributed by atoms with Crippen LogP contribution in [0.1, 0.15) is 209 Å². The summed E-state index contributed by atoms with van der Waals surface area (Å²) in [6, 6.07) is 33.2. The van der Waals surface area contributed by atoms with Gasteiger partial charge in [0, 0.05) is 55.2 Å². The van der Waals surface area contributed by atoms with Gasteiger partial charge in [0.15, 0.2) is 66.1 Å². The number of nitrogens with zero attached hydrogens (tertiary/aromatic N) is 13. The van der Waals surface area contributed by atoms with Gasteiger partial charge in [0.25, 0.3) is 0 Å². The summed E-state index contributed by atoms with van der Waals surface area (Å²) >= 11 is 0. The average Bonchev–Trinajstić information content (AvgIpc) is 1.54. The number of carbonyl (C=O) groups excluding carboxylic acids is 1. The first-order valence-corrected chi connectivity index (χ1v) is 58.0. The third kappa shape index (κ3) is 24.6. The maximum Gasteiger partial charge on any atom is 0.231 e. The van der Waals surface area contributed by atoms with E-state index in [2.05, 4.69) is 144 Å². The maximum absolute atomic E-state index is 13.2. The lowest BCUT2D eigenvalue weighted by atomic mass is 9.86. The van der Waals surface area contributed by atoms with E-state index >= 15 is 0 Å². The summed E-state index contributed by atoms with van der Waals surface area (Å²) in [6.45, 7) is 39.5. The summed E-state index contributed by atoms with van der Waals surface area (Å²) in [7, 11) is -12.6. The van der Waals surface area contributed by atoms with E-state index in [0.29, 0.717) is 138 Å². The van der Waals surface area contributed by atoms with E-state index < -0.39 is 64.9 Å². The van der Waals surface area contributed by atoms with E-state index in [1.807, 2.05) is 86.2 Å². The second kappa shape index (κ2) is 44.3. The van der Waals surface area contributed by atoms with Crippen LogP contribution in [0.3, 0.4) is 0 Å². The van der Waals surface area contributed by atoms with E-state index in [1.165, 1.54) is 16.7 Å². The molecular formula is C103H138N22O14S5. The highest BCUT2D eigenvalue weighted by Gasteiger charge is 2.39. The van der Waals surface area contributed by atoms with Crippen LogP contribution in [0, 0.1) is 41.5 Å². The van der Waals surface area contributed by atoms with Crippen molar-refractivity contribution in [3.8, 4) is 17.2 Å². The molecule has 6 aromatic heterocycles. The van der Waals surface area contributed by atoms with Crippen molar-refractivity contribution in [3.05, 3.63) is 160 Å². The molecular weight excluding hydrogens is 1930 g/mol. The first-order chi connectivity index (χ1) is 68.2. The lowest BCUT2D eigenvalue weighted by molar-refractivity contribution is -0.132. The van der Waals surface area contributed by atoms with Gasteiger partial charge in [-0.15, -0.1) is 0 Å². The van der Waals surface area contributed by atoms with Crippen molar-refractivity contribution >= 4 is 158 Å². The second-order valence-electron chi connectivity index (χ2n) is 40.4. The molecule has 11 heterocycles. The van der Waals surface area contributed by atoms with Gasteiger partial charge in [-0.3, -0.25) is 29.9 Å². The van der Waals surface area contributed by atoms with E-state index in [0.717, 1.165) is 131 Å². The highest BCUT2D eigenvalue weighted by atomic mass is 32.2. The Morgan fingerprint density at radius 2 is 0.681 bits per heavy atom. The predicted octanol–water partition coefficient (Wildman–Crippen LogP) is 17.7. The van der Waals surface area contributed by atoms with Crippen molar-refractivity contribution < 1.29 is 61.1 Å². The van der Waals surface area contributed by atoms with Crippen molar-refractivity contribution in [1.29, 1.82) is 0 Å². The van der Waals surface area contributed by atoms with Gasteiger partial charge in [-0.05, 0) is 340 Å². The standard InChI is InChI=1S/C35H48N8O4S.2C34H45N7O5S2/c1-21(2)47-29-20-26(25-13-17-43(18-14-25)31(44)15-16-42(7)8)23(5)19-28(29)37-35-38-33(32-24(6)40-41-34(32)39-35)36-27-11-9-10-12-30(27)48(45,46)22(3)4;2*1-20(2)46-29-18-26(24-11-14-41(15-12-24)25-13-16-47(42,43)19-25)22(5)17-28(29)36-34-37-32(31-23(6)39-40-33(31)38-34)35-27-9-7-8-10-30(27)48(44,45)21(3)4/h9-12,19-22,25H,13-18H2,1-8H3,(H3,36,37,38,39,40,41);2*7-10,17-18,20-21,24-25H,11-16,19H2,1-6H3,(H3,35,36,37,38,39,40)/t;2*25-/m.10/s1. The molecule has 5 aliphatic heterocycles. The largest absolute Gasteiger partial charge is 0.489 e. The molecule has 2 atom stereocenters. The number of amides is 1. The number of aromatic amines is 3. The molecule has 774 valence electrons. The monoisotopic (exact) mass is 2070 g/mol. The molecule has 36 nitrogen and oxygen atoms in total. The van der Waals surface area contributed by atoms with E-state index in [-0.39, 0.29) is 80.3 Å². The van der Waals surface area contributed by atoms with Crippen molar-refractivity contribution in [1.82, 2.24) is 80.1 Å². The van der Waals surface area contributed by atoms with Gasteiger partial charge in [-0.2, -0.15) is 45.2 Å². The number of anilines is 12. The number of aryl methyl sites for hydroxylation is 6. The Kier molecular flexibility index (Phi) is 32.8. The first kappa shape index (κ1) is 107. The van der Waals surface area contributed by atoms with E-state index in [1.54, 1.807) is 114 Å². The fourth-order valence-corrected chi connectivity index (χ4v) is 26.7. The minimum atomic E-state index is -3.57. The number of hydrogen-bond donors (Lipinski definition) is 9. The van der Waals surface area contributed by atoms with Crippen molar-refractivity contribution in [2.75, 3.05) is 115 Å². The Morgan fingerprint density at radius 3 is 0.944 bits per heavy atom. The molecule has 5 fully saturated rings. The predicted molar refractivity (Wildman–Crippen MR) is 569 cm³/mol. The summed E-state index contributed by atoms with van der Waals surface area (Å²) in [5.41, 5.74) is 13.9. The van der Waals surface area contributed by atoms with Crippen molar-refractivity contribution in [3.63, 3.8) is 0 Å². The Labute approximate surface area is 845 Å². The number of ether oxygens (including phenoxy) is 3. The van der Waals surface area contributed by atoms with Crippen LogP contribution >= 0.6 is 0 Å². The first-order valence-electron chi connectivity index (χ1n) is 49.7. The fraction of sp³-hybridized carbons (Fsp3) is 0.495. The third-order valence-corrected chi connectivity index (χ3v) is 37.5. The van der Waals surface area contributed by atoms with Gasteiger partial charge >= 0.3 is 0 Å². The second-order valence-corrected chi connectivity index (χ2v) is 52.3. The van der Waals surface area contributed by atoms with E-state index in [4.69, 9.17) is 29.2 Å². The molecule has 5 aliphatic rings. The van der Waals surface area contributed by atoms with E-state index in [9.17, 15) is 46.9 Å². The summed E-state index contributed by atoms with van der Waals surface area (Å²) < 4.78 is 146. The van der Waals surface area contributed by atoms with Crippen LogP contribution < -0.4 is 46.1 Å². The molecule has 9 N–H and O–H groups in total. The highest BCUT2D eigenvalue weighted by molar-refractivity contribution is 7.93. The summed E-state index contributed by atoms with van der Waals surface area (Å²) in [6.07, 6.45) is 7.34. The molecule has 0 saturated carbocycles. The number of benzene rings is 6. The molecule has 0 radical (unpaired) electrons. The number of hydrogen-bond acceptors (Lipinski definition) is 32. The summed E-state index contributed by atoms with van der Waals surface area (Å²) in [4.78, 5) is 50.6. The Hall–Kier alpha value is -11.7. The number of likely N-dealkylation sites (tertiary alicyclic amines) is 3. The topological polar surface area (TPSA) is 464 Å². The number of fused-ring (bicyclic) bond motifs is 3. The number of carbonyl (C=O) groups is 1. The van der Waals surface area contributed by atoms with Gasteiger partial charge < -0.3 is 55.9 Å². The van der Waals surface area contributed by atoms with Gasteiger partial charge in [0.05, 0.1) is 122 Å².